The average Bonchev–Trinajstić information content (AvgIpc) is 3.17. The fourth-order valence-corrected chi connectivity index (χ4v) is 6.09. The highest BCUT2D eigenvalue weighted by Crippen LogP contribution is 2.30. The maximum absolute atomic E-state index is 13.0. The van der Waals surface area contributed by atoms with E-state index in [1.54, 1.807) is 23.5 Å². The van der Waals surface area contributed by atoms with Gasteiger partial charge in [0, 0.05) is 38.8 Å². The lowest BCUT2D eigenvalue weighted by Gasteiger charge is -2.36. The number of fused-ring (bicyclic) bond motifs is 1. The van der Waals surface area contributed by atoms with Crippen LogP contribution in [0.4, 0.5) is 5.69 Å². The first kappa shape index (κ1) is 20.9. The molecule has 9 heteroatoms. The molecule has 1 fully saturated rings. The van der Waals surface area contributed by atoms with Crippen molar-refractivity contribution in [2.75, 3.05) is 31.5 Å². The van der Waals surface area contributed by atoms with Crippen molar-refractivity contribution in [3.63, 3.8) is 0 Å². The Kier molecular flexibility index (Phi) is 5.88. The smallest absolute Gasteiger partial charge is 0.243 e. The molecule has 158 valence electrons. The number of rotatable bonds is 5. The van der Waals surface area contributed by atoms with Crippen LogP contribution in [0.1, 0.15) is 24.9 Å². The summed E-state index contributed by atoms with van der Waals surface area (Å²) in [5.74, 6) is -0.191. The Hall–Kier alpha value is -2.33. The number of hydrogen-bond acceptors (Lipinski definition) is 6. The number of sulfonamides is 1. The van der Waals surface area contributed by atoms with Crippen LogP contribution in [0.3, 0.4) is 0 Å². The van der Waals surface area contributed by atoms with Crippen LogP contribution in [0.15, 0.2) is 53.4 Å². The molecule has 2 aromatic carbocycles. The van der Waals surface area contributed by atoms with Crippen LogP contribution in [0.2, 0.25) is 0 Å². The number of piperazine rings is 1. The minimum atomic E-state index is -3.56. The Bertz CT molecular complexity index is 1120. The van der Waals surface area contributed by atoms with Gasteiger partial charge >= 0.3 is 0 Å². The molecular weight excluding hydrogens is 420 g/mol. The zero-order chi connectivity index (χ0) is 21.3. The average molecular weight is 445 g/mol. The Morgan fingerprint density at radius 3 is 2.37 bits per heavy atom. The lowest BCUT2D eigenvalue weighted by atomic mass is 10.2. The van der Waals surface area contributed by atoms with Crippen LogP contribution < -0.4 is 5.32 Å². The molecular formula is C21H24N4O3S2. The molecule has 1 saturated heterocycles. The highest BCUT2D eigenvalue weighted by Gasteiger charge is 2.31. The second-order valence-corrected chi connectivity index (χ2v) is 10.3. The Morgan fingerprint density at radius 1 is 1.07 bits per heavy atom. The van der Waals surface area contributed by atoms with Gasteiger partial charge in [-0.1, -0.05) is 12.1 Å². The van der Waals surface area contributed by atoms with Crippen LogP contribution >= 0.6 is 11.3 Å². The third-order valence-electron chi connectivity index (χ3n) is 5.30. The van der Waals surface area contributed by atoms with Crippen molar-refractivity contribution in [2.24, 2.45) is 0 Å². The summed E-state index contributed by atoms with van der Waals surface area (Å²) in [5, 5.41) is 3.70. The quantitative estimate of drug-likeness (QED) is 0.653. The van der Waals surface area contributed by atoms with Gasteiger partial charge in [-0.25, -0.2) is 13.4 Å². The highest BCUT2D eigenvalue weighted by molar-refractivity contribution is 7.89. The summed E-state index contributed by atoms with van der Waals surface area (Å²) in [7, 11) is -3.56. The lowest BCUT2D eigenvalue weighted by Crippen LogP contribution is -2.49. The number of carbonyl (C=O) groups is 1. The molecule has 30 heavy (non-hydrogen) atoms. The van der Waals surface area contributed by atoms with Gasteiger partial charge < -0.3 is 5.32 Å². The van der Waals surface area contributed by atoms with Crippen molar-refractivity contribution < 1.29 is 13.2 Å². The van der Waals surface area contributed by atoms with Gasteiger partial charge in [-0.2, -0.15) is 4.31 Å². The zero-order valence-electron chi connectivity index (χ0n) is 16.9. The summed E-state index contributed by atoms with van der Waals surface area (Å²) in [6.07, 6.45) is 0. The Labute approximate surface area is 180 Å². The minimum absolute atomic E-state index is 0.143. The van der Waals surface area contributed by atoms with Crippen molar-refractivity contribution in [1.82, 2.24) is 14.2 Å². The van der Waals surface area contributed by atoms with Gasteiger partial charge in [-0.15, -0.1) is 11.3 Å². The van der Waals surface area contributed by atoms with Crippen molar-refractivity contribution in [3.05, 3.63) is 53.5 Å². The summed E-state index contributed by atoms with van der Waals surface area (Å²) in [6, 6.07) is 14.5. The topological polar surface area (TPSA) is 82.6 Å². The maximum atomic E-state index is 13.0. The zero-order valence-corrected chi connectivity index (χ0v) is 18.5. The molecule has 0 radical (unpaired) electrons. The third kappa shape index (κ3) is 4.24. The van der Waals surface area contributed by atoms with Gasteiger partial charge in [0.2, 0.25) is 15.9 Å². The van der Waals surface area contributed by atoms with E-state index in [1.807, 2.05) is 18.2 Å². The van der Waals surface area contributed by atoms with E-state index in [1.165, 1.54) is 28.1 Å². The number of thiazole rings is 1. The second kappa shape index (κ2) is 8.43. The third-order valence-corrected chi connectivity index (χ3v) is 8.42. The molecule has 1 N–H and O–H groups in total. The van der Waals surface area contributed by atoms with Crippen molar-refractivity contribution in [2.45, 2.75) is 24.8 Å². The largest absolute Gasteiger partial charge is 0.326 e. The molecule has 1 atom stereocenters. The van der Waals surface area contributed by atoms with E-state index in [4.69, 9.17) is 4.98 Å². The van der Waals surface area contributed by atoms with Crippen LogP contribution in [0.5, 0.6) is 0 Å². The van der Waals surface area contributed by atoms with E-state index in [2.05, 4.69) is 23.2 Å². The summed E-state index contributed by atoms with van der Waals surface area (Å²) >= 11 is 1.69. The van der Waals surface area contributed by atoms with E-state index < -0.39 is 10.0 Å². The second-order valence-electron chi connectivity index (χ2n) is 7.34. The molecule has 3 aromatic rings. The number of anilines is 1. The molecule has 1 aliphatic heterocycles. The van der Waals surface area contributed by atoms with Crippen molar-refractivity contribution in [3.8, 4) is 0 Å². The highest BCUT2D eigenvalue weighted by atomic mass is 32.2. The van der Waals surface area contributed by atoms with Gasteiger partial charge in [0.25, 0.3) is 0 Å². The van der Waals surface area contributed by atoms with E-state index in [0.29, 0.717) is 31.9 Å². The molecule has 0 saturated carbocycles. The first-order valence-electron chi connectivity index (χ1n) is 9.82. The number of aromatic nitrogens is 1. The van der Waals surface area contributed by atoms with Crippen LogP contribution in [-0.2, 0) is 14.8 Å². The molecule has 1 unspecified atom stereocenters. The van der Waals surface area contributed by atoms with Crippen molar-refractivity contribution in [1.29, 1.82) is 0 Å². The SMILES string of the molecule is CC(=O)Nc1ccc(S(=O)(=O)N2CCN(C(C)c3nc4ccccc4s3)CC2)cc1. The van der Waals surface area contributed by atoms with Gasteiger partial charge in [0.05, 0.1) is 21.2 Å². The number of carbonyl (C=O) groups excluding carboxylic acids is 1. The summed E-state index contributed by atoms with van der Waals surface area (Å²) in [4.78, 5) is 18.4. The van der Waals surface area contributed by atoms with Gasteiger partial charge in [0.1, 0.15) is 5.01 Å². The number of nitrogens with one attached hydrogen (secondary N) is 1. The van der Waals surface area contributed by atoms with E-state index >= 15 is 0 Å². The lowest BCUT2D eigenvalue weighted by molar-refractivity contribution is -0.114. The summed E-state index contributed by atoms with van der Waals surface area (Å²) in [5.41, 5.74) is 1.59. The van der Waals surface area contributed by atoms with Crippen LogP contribution in [0.25, 0.3) is 10.2 Å². The standard InChI is InChI=1S/C21H24N4O3S2/c1-15(21-23-19-5-3-4-6-20(19)29-21)24-11-13-25(14-12-24)30(27,28)18-9-7-17(8-10-18)22-16(2)26/h3-10,15H,11-14H2,1-2H3,(H,22,26). The Balaban J connectivity index is 1.42. The molecule has 2 heterocycles. The summed E-state index contributed by atoms with van der Waals surface area (Å²) in [6.45, 7) is 5.72. The summed E-state index contributed by atoms with van der Waals surface area (Å²) < 4.78 is 28.7. The van der Waals surface area contributed by atoms with Gasteiger partial charge in [-0.3, -0.25) is 9.69 Å². The first-order valence-corrected chi connectivity index (χ1v) is 12.1. The van der Waals surface area contributed by atoms with Crippen LogP contribution in [-0.4, -0.2) is 54.7 Å². The predicted octanol–water partition coefficient (Wildman–Crippen LogP) is 3.32. The molecule has 4 rings (SSSR count). The number of amides is 1. The fourth-order valence-electron chi connectivity index (χ4n) is 3.62. The molecule has 1 aromatic heterocycles. The number of para-hydroxylation sites is 1. The van der Waals surface area contributed by atoms with E-state index in [9.17, 15) is 13.2 Å². The van der Waals surface area contributed by atoms with Crippen molar-refractivity contribution >= 4 is 43.2 Å². The molecule has 1 aliphatic rings. The van der Waals surface area contributed by atoms with Gasteiger partial charge in [-0.05, 0) is 43.3 Å². The monoisotopic (exact) mass is 444 g/mol. The minimum Gasteiger partial charge on any atom is -0.326 e. The predicted molar refractivity (Wildman–Crippen MR) is 119 cm³/mol. The van der Waals surface area contributed by atoms with E-state index in [-0.39, 0.29) is 16.8 Å². The molecule has 1 amide bonds. The maximum Gasteiger partial charge on any atom is 0.243 e. The van der Waals surface area contributed by atoms with Gasteiger partial charge in [0.15, 0.2) is 0 Å². The molecule has 0 spiro atoms. The normalized spacial score (nSPS) is 17.1. The number of hydrogen-bond donors (Lipinski definition) is 1. The van der Waals surface area contributed by atoms with Crippen LogP contribution in [0, 0.1) is 0 Å². The van der Waals surface area contributed by atoms with E-state index in [0.717, 1.165) is 10.5 Å². The number of benzene rings is 2. The first-order chi connectivity index (χ1) is 14.3. The fraction of sp³-hybridized carbons (Fsp3) is 0.333. The number of nitrogens with zero attached hydrogens (tertiary/aromatic N) is 3. The molecule has 0 bridgehead atoms. The molecule has 7 nitrogen and oxygen atoms in total. The molecule has 0 aliphatic carbocycles. The Morgan fingerprint density at radius 2 is 1.73 bits per heavy atom.